The van der Waals surface area contributed by atoms with Gasteiger partial charge in [-0.2, -0.15) is 0 Å². The number of halogens is 2. The Morgan fingerprint density at radius 2 is 2.17 bits per heavy atom. The summed E-state index contributed by atoms with van der Waals surface area (Å²) in [5.74, 6) is -0.967. The van der Waals surface area contributed by atoms with E-state index in [0.717, 1.165) is 0 Å². The molecule has 1 aromatic carbocycles. The molecular weight excluding hydrogens is 255 g/mol. The number of amides is 1. The highest BCUT2D eigenvalue weighted by molar-refractivity contribution is 6.31. The summed E-state index contributed by atoms with van der Waals surface area (Å²) in [6.45, 7) is 6.00. The van der Waals surface area contributed by atoms with Gasteiger partial charge in [-0.1, -0.05) is 25.4 Å². The van der Waals surface area contributed by atoms with Gasteiger partial charge in [0, 0.05) is 11.6 Å². The molecule has 18 heavy (non-hydrogen) atoms. The lowest BCUT2D eigenvalue weighted by Gasteiger charge is -2.33. The van der Waals surface area contributed by atoms with Gasteiger partial charge in [-0.25, -0.2) is 4.39 Å². The lowest BCUT2D eigenvalue weighted by Crippen LogP contribution is -2.55. The second kappa shape index (κ2) is 5.67. The number of carbonyl (C=O) groups is 1. The molecule has 0 heterocycles. The molecule has 3 N–H and O–H groups in total. The van der Waals surface area contributed by atoms with Crippen LogP contribution in [0.25, 0.3) is 0 Å². The minimum Gasteiger partial charge on any atom is -0.345 e. The Morgan fingerprint density at radius 1 is 1.56 bits per heavy atom. The molecule has 1 unspecified atom stereocenters. The van der Waals surface area contributed by atoms with Crippen LogP contribution in [0.4, 0.5) is 4.39 Å². The monoisotopic (exact) mass is 272 g/mol. The van der Waals surface area contributed by atoms with Crippen molar-refractivity contribution < 1.29 is 9.18 Å². The van der Waals surface area contributed by atoms with Crippen LogP contribution in [0.5, 0.6) is 0 Å². The molecule has 0 saturated heterocycles. The first-order chi connectivity index (χ1) is 8.30. The van der Waals surface area contributed by atoms with Gasteiger partial charge in [0.2, 0.25) is 0 Å². The smallest absolute Gasteiger partial charge is 0.254 e. The summed E-state index contributed by atoms with van der Waals surface area (Å²) < 4.78 is 13.5. The van der Waals surface area contributed by atoms with E-state index < -0.39 is 17.3 Å². The fourth-order valence-corrected chi connectivity index (χ4v) is 1.60. The Hall–Kier alpha value is -1.13. The van der Waals surface area contributed by atoms with E-state index in [2.05, 4.69) is 5.32 Å². The molecule has 1 atom stereocenters. The maximum atomic E-state index is 13.5. The lowest BCUT2D eigenvalue weighted by molar-refractivity contribution is 0.0879. The molecule has 1 amide bonds. The van der Waals surface area contributed by atoms with E-state index in [1.165, 1.54) is 18.2 Å². The van der Waals surface area contributed by atoms with Gasteiger partial charge < -0.3 is 11.1 Å². The molecule has 1 rings (SSSR count). The molecule has 1 aromatic rings. The largest absolute Gasteiger partial charge is 0.345 e. The van der Waals surface area contributed by atoms with E-state index in [9.17, 15) is 9.18 Å². The lowest BCUT2D eigenvalue weighted by atomic mass is 9.88. The molecule has 0 aliphatic rings. The van der Waals surface area contributed by atoms with Crippen molar-refractivity contribution >= 4 is 17.5 Å². The highest BCUT2D eigenvalue weighted by Gasteiger charge is 2.29. The summed E-state index contributed by atoms with van der Waals surface area (Å²) in [6.07, 6.45) is 0. The predicted octanol–water partition coefficient (Wildman–Crippen LogP) is 2.58. The third-order valence-electron chi connectivity index (χ3n) is 3.27. The van der Waals surface area contributed by atoms with Crippen LogP contribution >= 0.6 is 11.6 Å². The molecule has 0 fully saturated rings. The van der Waals surface area contributed by atoms with Gasteiger partial charge in [-0.05, 0) is 31.0 Å². The molecule has 0 aliphatic heterocycles. The third kappa shape index (κ3) is 3.21. The topological polar surface area (TPSA) is 55.1 Å². The number of carbonyl (C=O) groups excluding carboxylic acids is 1. The summed E-state index contributed by atoms with van der Waals surface area (Å²) >= 11 is 5.76. The molecule has 5 heteroatoms. The maximum absolute atomic E-state index is 13.5. The zero-order valence-corrected chi connectivity index (χ0v) is 11.5. The number of nitrogens with two attached hydrogens (primary N) is 1. The van der Waals surface area contributed by atoms with Crippen molar-refractivity contribution in [2.75, 3.05) is 6.54 Å². The van der Waals surface area contributed by atoms with Gasteiger partial charge in [0.15, 0.2) is 0 Å². The number of rotatable bonds is 4. The molecule has 3 nitrogen and oxygen atoms in total. The fraction of sp³-hybridized carbons (Fsp3) is 0.462. The zero-order valence-electron chi connectivity index (χ0n) is 10.8. The first-order valence-electron chi connectivity index (χ1n) is 5.78. The summed E-state index contributed by atoms with van der Waals surface area (Å²) in [7, 11) is 0. The normalized spacial score (nSPS) is 14.4. The van der Waals surface area contributed by atoms with Gasteiger partial charge >= 0.3 is 0 Å². The standard InChI is InChI=1S/C13H18ClFN2O/c1-8(2)13(3,7-16)17-12(18)10-6-9(14)4-5-11(10)15/h4-6,8H,7,16H2,1-3H3,(H,17,18). The van der Waals surface area contributed by atoms with Crippen LogP contribution in [0.15, 0.2) is 18.2 Å². The predicted molar refractivity (Wildman–Crippen MR) is 71.2 cm³/mol. The van der Waals surface area contributed by atoms with Gasteiger partial charge in [0.05, 0.1) is 11.1 Å². The van der Waals surface area contributed by atoms with Gasteiger partial charge in [-0.15, -0.1) is 0 Å². The van der Waals surface area contributed by atoms with E-state index in [0.29, 0.717) is 5.02 Å². The molecule has 0 aromatic heterocycles. The molecule has 0 bridgehead atoms. The summed E-state index contributed by atoms with van der Waals surface area (Å²) in [5, 5.41) is 3.08. The Bertz CT molecular complexity index is 451. The molecule has 100 valence electrons. The Labute approximate surface area is 112 Å². The number of hydrogen-bond acceptors (Lipinski definition) is 2. The van der Waals surface area contributed by atoms with Crippen LogP contribution < -0.4 is 11.1 Å². The van der Waals surface area contributed by atoms with Crippen LogP contribution in [-0.4, -0.2) is 18.0 Å². The quantitative estimate of drug-likeness (QED) is 0.885. The van der Waals surface area contributed by atoms with Crippen molar-refractivity contribution in [1.29, 1.82) is 0 Å². The van der Waals surface area contributed by atoms with Crippen molar-refractivity contribution in [3.05, 3.63) is 34.6 Å². The van der Waals surface area contributed by atoms with Gasteiger partial charge in [0.25, 0.3) is 5.91 Å². The minimum absolute atomic E-state index is 0.0668. The van der Waals surface area contributed by atoms with Crippen LogP contribution in [0.3, 0.4) is 0 Å². The SMILES string of the molecule is CC(C)C(C)(CN)NC(=O)c1cc(Cl)ccc1F. The number of nitrogens with one attached hydrogen (secondary N) is 1. The first kappa shape index (κ1) is 14.9. The molecular formula is C13H18ClFN2O. The third-order valence-corrected chi connectivity index (χ3v) is 3.51. The number of benzene rings is 1. The highest BCUT2D eigenvalue weighted by atomic mass is 35.5. The Morgan fingerprint density at radius 3 is 2.67 bits per heavy atom. The second-order valence-corrected chi connectivity index (χ2v) is 5.29. The molecule has 0 spiro atoms. The Kier molecular flexibility index (Phi) is 4.71. The van der Waals surface area contributed by atoms with Gasteiger partial charge in [0.1, 0.15) is 5.82 Å². The van der Waals surface area contributed by atoms with E-state index in [4.69, 9.17) is 17.3 Å². The zero-order chi connectivity index (χ0) is 13.9. The van der Waals surface area contributed by atoms with Crippen LogP contribution in [0, 0.1) is 11.7 Å². The van der Waals surface area contributed by atoms with Crippen molar-refractivity contribution in [3.8, 4) is 0 Å². The van der Waals surface area contributed by atoms with Crippen LogP contribution in [0.1, 0.15) is 31.1 Å². The van der Waals surface area contributed by atoms with E-state index in [-0.39, 0.29) is 18.0 Å². The molecule has 0 saturated carbocycles. The summed E-state index contributed by atoms with van der Waals surface area (Å²) in [4.78, 5) is 12.0. The van der Waals surface area contributed by atoms with E-state index in [1.54, 1.807) is 0 Å². The minimum atomic E-state index is -0.597. The van der Waals surface area contributed by atoms with Gasteiger partial charge in [-0.3, -0.25) is 4.79 Å². The second-order valence-electron chi connectivity index (χ2n) is 4.85. The summed E-state index contributed by atoms with van der Waals surface area (Å²) in [6, 6.07) is 3.88. The molecule has 0 aliphatic carbocycles. The number of hydrogen-bond donors (Lipinski definition) is 2. The Balaban J connectivity index is 2.98. The fourth-order valence-electron chi connectivity index (χ4n) is 1.43. The average molecular weight is 273 g/mol. The first-order valence-corrected chi connectivity index (χ1v) is 6.15. The van der Waals surface area contributed by atoms with Crippen LogP contribution in [0.2, 0.25) is 5.02 Å². The van der Waals surface area contributed by atoms with Crippen molar-refractivity contribution in [2.24, 2.45) is 11.7 Å². The van der Waals surface area contributed by atoms with E-state index >= 15 is 0 Å². The van der Waals surface area contributed by atoms with Crippen molar-refractivity contribution in [2.45, 2.75) is 26.3 Å². The van der Waals surface area contributed by atoms with E-state index in [1.807, 2.05) is 20.8 Å². The van der Waals surface area contributed by atoms with Crippen molar-refractivity contribution in [1.82, 2.24) is 5.32 Å². The summed E-state index contributed by atoms with van der Waals surface area (Å²) in [5.41, 5.74) is 5.02. The molecule has 0 radical (unpaired) electrons. The highest BCUT2D eigenvalue weighted by Crippen LogP contribution is 2.19. The average Bonchev–Trinajstić information content (AvgIpc) is 2.31. The maximum Gasteiger partial charge on any atom is 0.254 e. The van der Waals surface area contributed by atoms with Crippen LogP contribution in [-0.2, 0) is 0 Å². The van der Waals surface area contributed by atoms with Crippen molar-refractivity contribution in [3.63, 3.8) is 0 Å².